The first-order valence-corrected chi connectivity index (χ1v) is 9.21. The lowest BCUT2D eigenvalue weighted by molar-refractivity contribution is -0.122. The molecular weight excluding hydrogens is 354 g/mol. The normalized spacial score (nSPS) is 11.9. The number of nitrogens with one attached hydrogen (secondary N) is 1. The zero-order valence-electron chi connectivity index (χ0n) is 16.0. The molecule has 0 saturated carbocycles. The first-order chi connectivity index (χ1) is 13.5. The van der Waals surface area contributed by atoms with E-state index < -0.39 is 0 Å². The number of carbonyl (C=O) groups excluding carboxylic acids is 1. The molecule has 2 N–H and O–H groups in total. The highest BCUT2D eigenvalue weighted by molar-refractivity contribution is 5.76. The molecule has 3 rings (SSSR count). The fourth-order valence-electron chi connectivity index (χ4n) is 3.35. The molecule has 0 saturated heterocycles. The van der Waals surface area contributed by atoms with Gasteiger partial charge in [-0.2, -0.15) is 10.4 Å². The van der Waals surface area contributed by atoms with Crippen LogP contribution >= 0.6 is 0 Å². The molecule has 0 spiro atoms. The third kappa shape index (κ3) is 4.18. The van der Waals surface area contributed by atoms with Crippen molar-refractivity contribution in [2.45, 2.75) is 39.2 Å². The van der Waals surface area contributed by atoms with E-state index in [1.54, 1.807) is 4.52 Å². The van der Waals surface area contributed by atoms with Crippen LogP contribution in [0.25, 0.3) is 5.65 Å². The minimum Gasteiger partial charge on any atom is -0.394 e. The molecule has 1 aromatic carbocycles. The van der Waals surface area contributed by atoms with Gasteiger partial charge in [-0.25, -0.2) is 9.50 Å². The van der Waals surface area contributed by atoms with Crippen molar-refractivity contribution in [1.29, 1.82) is 5.26 Å². The third-order valence-corrected chi connectivity index (χ3v) is 4.84. The molecule has 1 amide bonds. The van der Waals surface area contributed by atoms with Crippen molar-refractivity contribution >= 4 is 11.6 Å². The summed E-state index contributed by atoms with van der Waals surface area (Å²) in [5.41, 5.74) is 4.64. The van der Waals surface area contributed by atoms with Crippen LogP contribution in [-0.4, -0.2) is 38.3 Å². The van der Waals surface area contributed by atoms with Gasteiger partial charge in [0.2, 0.25) is 5.91 Å². The third-order valence-electron chi connectivity index (χ3n) is 4.84. The van der Waals surface area contributed by atoms with Gasteiger partial charge in [0.15, 0.2) is 5.65 Å². The summed E-state index contributed by atoms with van der Waals surface area (Å²) >= 11 is 0. The first kappa shape index (κ1) is 19.5. The Kier molecular flexibility index (Phi) is 6.02. The number of aryl methyl sites for hydroxylation is 2. The molecule has 2 aromatic heterocycles. The maximum absolute atomic E-state index is 12.4. The Morgan fingerprint density at radius 1 is 1.32 bits per heavy atom. The molecule has 0 aliphatic heterocycles. The lowest BCUT2D eigenvalue weighted by Gasteiger charge is -2.17. The number of hydrogen-bond donors (Lipinski definition) is 2. The van der Waals surface area contributed by atoms with Gasteiger partial charge in [0.25, 0.3) is 0 Å². The predicted molar refractivity (Wildman–Crippen MR) is 105 cm³/mol. The van der Waals surface area contributed by atoms with Crippen molar-refractivity contribution in [1.82, 2.24) is 19.9 Å². The Morgan fingerprint density at radius 2 is 2.07 bits per heavy atom. The van der Waals surface area contributed by atoms with Gasteiger partial charge in [-0.05, 0) is 37.8 Å². The number of fused-ring (bicyclic) bond motifs is 1. The van der Waals surface area contributed by atoms with E-state index in [2.05, 4.69) is 21.5 Å². The van der Waals surface area contributed by atoms with Gasteiger partial charge in [-0.3, -0.25) is 4.79 Å². The molecule has 2 heterocycles. The second-order valence-corrected chi connectivity index (χ2v) is 6.80. The quantitative estimate of drug-likeness (QED) is 0.654. The van der Waals surface area contributed by atoms with Crippen LogP contribution in [0, 0.1) is 25.2 Å². The summed E-state index contributed by atoms with van der Waals surface area (Å²) in [5.74, 6) is -0.118. The molecular formula is C21H23N5O2. The van der Waals surface area contributed by atoms with Crippen LogP contribution in [0.3, 0.4) is 0 Å². The zero-order chi connectivity index (χ0) is 20.1. The standard InChI is InChI=1S/C21H23N5O2/c1-14-19(15(2)26-21(24-14)17(11-22)12-23-26)8-9-20(28)25-18(13-27)10-16-6-4-3-5-7-16/h3-7,12,18,27H,8-10,13H2,1-2H3,(H,25,28)/t18-/m0/s1. The number of amides is 1. The molecule has 0 radical (unpaired) electrons. The highest BCUT2D eigenvalue weighted by atomic mass is 16.3. The zero-order valence-corrected chi connectivity index (χ0v) is 16.0. The molecule has 7 heteroatoms. The molecule has 0 bridgehead atoms. The van der Waals surface area contributed by atoms with Crippen LogP contribution in [0.4, 0.5) is 0 Å². The molecule has 3 aromatic rings. The number of aromatic nitrogens is 3. The molecule has 0 fully saturated rings. The van der Waals surface area contributed by atoms with E-state index in [9.17, 15) is 9.90 Å². The summed E-state index contributed by atoms with van der Waals surface area (Å²) in [7, 11) is 0. The number of nitrogens with zero attached hydrogens (tertiary/aromatic N) is 4. The Hall–Kier alpha value is -3.24. The van der Waals surface area contributed by atoms with Gasteiger partial charge < -0.3 is 10.4 Å². The van der Waals surface area contributed by atoms with Gasteiger partial charge in [0, 0.05) is 17.8 Å². The molecule has 28 heavy (non-hydrogen) atoms. The largest absolute Gasteiger partial charge is 0.394 e. The Morgan fingerprint density at radius 3 is 2.75 bits per heavy atom. The van der Waals surface area contributed by atoms with Crippen molar-refractivity contribution < 1.29 is 9.90 Å². The topological polar surface area (TPSA) is 103 Å². The van der Waals surface area contributed by atoms with Crippen molar-refractivity contribution in [3.63, 3.8) is 0 Å². The van der Waals surface area contributed by atoms with Crippen LogP contribution < -0.4 is 5.32 Å². The maximum Gasteiger partial charge on any atom is 0.220 e. The van der Waals surface area contributed by atoms with E-state index in [0.29, 0.717) is 24.1 Å². The van der Waals surface area contributed by atoms with Crippen molar-refractivity contribution in [3.05, 3.63) is 64.6 Å². The fourth-order valence-corrected chi connectivity index (χ4v) is 3.35. The molecule has 1 atom stereocenters. The van der Waals surface area contributed by atoms with Crippen molar-refractivity contribution in [2.75, 3.05) is 6.61 Å². The van der Waals surface area contributed by atoms with E-state index in [1.807, 2.05) is 44.2 Å². The molecule has 0 aliphatic rings. The lowest BCUT2D eigenvalue weighted by Crippen LogP contribution is -2.39. The summed E-state index contributed by atoms with van der Waals surface area (Å²) in [6.07, 6.45) is 2.88. The van der Waals surface area contributed by atoms with Crippen LogP contribution in [0.5, 0.6) is 0 Å². The minimum atomic E-state index is -0.318. The van der Waals surface area contributed by atoms with Gasteiger partial charge in [-0.15, -0.1) is 0 Å². The number of rotatable bonds is 7. The molecule has 144 valence electrons. The Balaban J connectivity index is 1.66. The average Bonchev–Trinajstić information content (AvgIpc) is 3.11. The highest BCUT2D eigenvalue weighted by Crippen LogP contribution is 2.18. The maximum atomic E-state index is 12.4. The van der Waals surface area contributed by atoms with Crippen LogP contribution in [-0.2, 0) is 17.6 Å². The average molecular weight is 377 g/mol. The number of benzene rings is 1. The van der Waals surface area contributed by atoms with Gasteiger partial charge in [0.05, 0.1) is 18.8 Å². The van der Waals surface area contributed by atoms with E-state index in [-0.39, 0.29) is 25.0 Å². The first-order valence-electron chi connectivity index (χ1n) is 9.21. The number of nitriles is 1. The summed E-state index contributed by atoms with van der Waals surface area (Å²) in [4.78, 5) is 16.9. The fraction of sp³-hybridized carbons (Fsp3) is 0.333. The van der Waals surface area contributed by atoms with Crippen molar-refractivity contribution in [2.24, 2.45) is 0 Å². The molecule has 7 nitrogen and oxygen atoms in total. The number of aliphatic hydroxyl groups is 1. The summed E-state index contributed by atoms with van der Waals surface area (Å²) in [6.45, 7) is 3.67. The SMILES string of the molecule is Cc1nc2c(C#N)cnn2c(C)c1CCC(=O)N[C@H](CO)Cc1ccccc1. The monoisotopic (exact) mass is 377 g/mol. The Labute approximate surface area is 163 Å². The summed E-state index contributed by atoms with van der Waals surface area (Å²) in [6, 6.07) is 11.5. The van der Waals surface area contributed by atoms with Crippen molar-refractivity contribution in [3.8, 4) is 6.07 Å². The summed E-state index contributed by atoms with van der Waals surface area (Å²) in [5, 5.41) is 25.9. The van der Waals surface area contributed by atoms with Crippen LogP contribution in [0.15, 0.2) is 36.5 Å². The second-order valence-electron chi connectivity index (χ2n) is 6.80. The summed E-state index contributed by atoms with van der Waals surface area (Å²) < 4.78 is 1.64. The minimum absolute atomic E-state index is 0.115. The van der Waals surface area contributed by atoms with E-state index in [0.717, 1.165) is 22.5 Å². The number of aliphatic hydroxyl groups excluding tert-OH is 1. The van der Waals surface area contributed by atoms with Gasteiger partial charge in [-0.1, -0.05) is 30.3 Å². The van der Waals surface area contributed by atoms with E-state index in [1.165, 1.54) is 6.20 Å². The molecule has 0 unspecified atom stereocenters. The number of carbonyl (C=O) groups is 1. The van der Waals surface area contributed by atoms with Crippen LogP contribution in [0.2, 0.25) is 0 Å². The lowest BCUT2D eigenvalue weighted by atomic mass is 10.0. The second kappa shape index (κ2) is 8.63. The predicted octanol–water partition coefficient (Wildman–Crippen LogP) is 1.87. The van der Waals surface area contributed by atoms with E-state index >= 15 is 0 Å². The van der Waals surface area contributed by atoms with E-state index in [4.69, 9.17) is 5.26 Å². The molecule has 0 aliphatic carbocycles. The number of hydrogen-bond acceptors (Lipinski definition) is 5. The van der Waals surface area contributed by atoms with Gasteiger partial charge >= 0.3 is 0 Å². The Bertz CT molecular complexity index is 1020. The smallest absolute Gasteiger partial charge is 0.220 e. The highest BCUT2D eigenvalue weighted by Gasteiger charge is 2.16. The van der Waals surface area contributed by atoms with Gasteiger partial charge in [0.1, 0.15) is 11.6 Å². The van der Waals surface area contributed by atoms with Crippen LogP contribution in [0.1, 0.15) is 34.5 Å².